The van der Waals surface area contributed by atoms with E-state index < -0.39 is 36.3 Å². The minimum atomic E-state index is -2.77. The molecule has 0 saturated carbocycles. The summed E-state index contributed by atoms with van der Waals surface area (Å²) < 4.78 is 58.7. The fraction of sp³-hybridized carbons (Fsp3) is 0.485. The van der Waals surface area contributed by atoms with Gasteiger partial charge in [0.2, 0.25) is 0 Å². The maximum absolute atomic E-state index is 14.3. The van der Waals surface area contributed by atoms with Crippen LogP contribution >= 0.6 is 0 Å². The maximum atomic E-state index is 14.3. The first-order chi connectivity index (χ1) is 22.3. The van der Waals surface area contributed by atoms with Gasteiger partial charge in [0, 0.05) is 44.1 Å². The van der Waals surface area contributed by atoms with Crippen LogP contribution in [0.5, 0.6) is 17.4 Å². The molecule has 3 aromatic rings. The van der Waals surface area contributed by atoms with Crippen molar-refractivity contribution in [2.75, 3.05) is 24.5 Å². The summed E-state index contributed by atoms with van der Waals surface area (Å²) in [4.78, 5) is 34.9. The van der Waals surface area contributed by atoms with Gasteiger partial charge in [-0.05, 0) is 64.4 Å². The average Bonchev–Trinajstić information content (AvgIpc) is 3.46. The summed E-state index contributed by atoms with van der Waals surface area (Å²) in [6.45, 7) is 9.81. The largest absolute Gasteiger partial charge is 0.490 e. The summed E-state index contributed by atoms with van der Waals surface area (Å²) in [6, 6.07) is 8.57. The number of piperidine rings is 1. The smallest absolute Gasteiger partial charge is 0.410 e. The number of benzene rings is 2. The fourth-order valence-corrected chi connectivity index (χ4v) is 5.56. The fourth-order valence-electron chi connectivity index (χ4n) is 5.56. The zero-order chi connectivity index (χ0) is 33.9. The van der Waals surface area contributed by atoms with Crippen LogP contribution < -0.4 is 14.4 Å². The molecule has 3 heterocycles. The van der Waals surface area contributed by atoms with Gasteiger partial charge in [-0.25, -0.2) is 22.9 Å². The topological polar surface area (TPSA) is 110 Å². The maximum Gasteiger partial charge on any atom is 0.410 e. The number of amides is 2. The number of carbonyl (C=O) groups is 2. The normalized spacial score (nSPS) is 15.2. The van der Waals surface area contributed by atoms with Crippen LogP contribution in [-0.2, 0) is 17.8 Å². The second-order valence-electron chi connectivity index (χ2n) is 12.8. The Morgan fingerprint density at radius 1 is 1.06 bits per heavy atom. The Kier molecular flexibility index (Phi) is 10.1. The molecule has 2 amide bonds. The van der Waals surface area contributed by atoms with E-state index in [1.165, 1.54) is 12.4 Å². The summed E-state index contributed by atoms with van der Waals surface area (Å²) in [5, 5.41) is 7.91. The monoisotopic (exact) mass is 656 g/mol. The number of rotatable bonds is 9. The Balaban J connectivity index is 1.26. The summed E-state index contributed by atoms with van der Waals surface area (Å²) in [5.41, 5.74) is 1.17. The summed E-state index contributed by atoms with van der Waals surface area (Å²) in [6.07, 6.45) is -0.691. The number of hydrogen-bond acceptors (Lipinski definition) is 9. The van der Waals surface area contributed by atoms with E-state index in [2.05, 4.69) is 15.2 Å². The van der Waals surface area contributed by atoms with Crippen LogP contribution in [0.15, 0.2) is 42.7 Å². The molecule has 2 aliphatic heterocycles. The highest BCUT2D eigenvalue weighted by atomic mass is 19.3. The Morgan fingerprint density at radius 3 is 2.49 bits per heavy atom. The molecule has 1 saturated heterocycles. The second kappa shape index (κ2) is 14.0. The molecule has 2 aliphatic rings. The number of carbonyl (C=O) groups excluding carboxylic acids is 2. The second-order valence-corrected chi connectivity index (χ2v) is 12.8. The van der Waals surface area contributed by atoms with Crippen LogP contribution in [0.1, 0.15) is 68.9 Å². The summed E-state index contributed by atoms with van der Waals surface area (Å²) in [5.74, 6) is -0.494. The quantitative estimate of drug-likeness (QED) is 0.265. The molecular formula is C33H39F3N6O5. The molecule has 5 rings (SSSR count). The van der Waals surface area contributed by atoms with E-state index in [-0.39, 0.29) is 29.4 Å². The number of aromatic nitrogens is 3. The van der Waals surface area contributed by atoms with Crippen LogP contribution in [0.4, 0.5) is 23.8 Å². The predicted octanol–water partition coefficient (Wildman–Crippen LogP) is 6.22. The van der Waals surface area contributed by atoms with Crippen molar-refractivity contribution in [2.45, 2.75) is 84.7 Å². The van der Waals surface area contributed by atoms with E-state index in [4.69, 9.17) is 14.2 Å². The van der Waals surface area contributed by atoms with Gasteiger partial charge in [0.1, 0.15) is 35.3 Å². The van der Waals surface area contributed by atoms with Gasteiger partial charge in [-0.1, -0.05) is 12.1 Å². The predicted molar refractivity (Wildman–Crippen MR) is 166 cm³/mol. The summed E-state index contributed by atoms with van der Waals surface area (Å²) in [7, 11) is 0. The summed E-state index contributed by atoms with van der Waals surface area (Å²) >= 11 is 0. The highest BCUT2D eigenvalue weighted by Gasteiger charge is 2.32. The molecule has 0 spiro atoms. The van der Waals surface area contributed by atoms with Gasteiger partial charge < -0.3 is 24.0 Å². The molecule has 2 aromatic carbocycles. The molecule has 14 heteroatoms. The van der Waals surface area contributed by atoms with Crippen molar-refractivity contribution >= 4 is 17.8 Å². The Hall–Kier alpha value is -4.62. The van der Waals surface area contributed by atoms with Crippen LogP contribution in [0.2, 0.25) is 0 Å². The number of alkyl halides is 2. The molecule has 0 aliphatic carbocycles. The van der Waals surface area contributed by atoms with Crippen molar-refractivity contribution in [1.29, 1.82) is 0 Å². The van der Waals surface area contributed by atoms with Crippen LogP contribution in [-0.4, -0.2) is 80.8 Å². The van der Waals surface area contributed by atoms with Crippen molar-refractivity contribution in [3.63, 3.8) is 0 Å². The van der Waals surface area contributed by atoms with E-state index in [0.717, 1.165) is 33.9 Å². The molecular weight excluding hydrogens is 617 g/mol. The first kappa shape index (κ1) is 33.7. The van der Waals surface area contributed by atoms with E-state index in [9.17, 15) is 22.8 Å². The lowest BCUT2D eigenvalue weighted by atomic mass is 10.1. The van der Waals surface area contributed by atoms with Crippen LogP contribution in [0, 0.1) is 5.82 Å². The highest BCUT2D eigenvalue weighted by molar-refractivity contribution is 5.97. The molecule has 0 radical (unpaired) electrons. The first-order valence-corrected chi connectivity index (χ1v) is 15.5. The van der Waals surface area contributed by atoms with Crippen molar-refractivity contribution in [3.8, 4) is 17.4 Å². The van der Waals surface area contributed by atoms with E-state index in [0.29, 0.717) is 44.8 Å². The minimum Gasteiger partial charge on any atom is -0.490 e. The van der Waals surface area contributed by atoms with Crippen molar-refractivity contribution < 1.29 is 37.0 Å². The Labute approximate surface area is 271 Å². The molecule has 0 bridgehead atoms. The average molecular weight is 657 g/mol. The third-order valence-corrected chi connectivity index (χ3v) is 7.80. The number of nitrogens with zero attached hydrogens (tertiary/aromatic N) is 6. The van der Waals surface area contributed by atoms with Gasteiger partial charge in [0.15, 0.2) is 5.82 Å². The lowest BCUT2D eigenvalue weighted by Crippen LogP contribution is -2.40. The Morgan fingerprint density at radius 2 is 1.81 bits per heavy atom. The first-order valence-electron chi connectivity index (χ1n) is 15.5. The molecule has 1 fully saturated rings. The van der Waals surface area contributed by atoms with Gasteiger partial charge in [-0.3, -0.25) is 9.69 Å². The van der Waals surface area contributed by atoms with Crippen LogP contribution in [0.25, 0.3) is 0 Å². The van der Waals surface area contributed by atoms with Crippen molar-refractivity contribution in [1.82, 2.24) is 25.0 Å². The van der Waals surface area contributed by atoms with Crippen LogP contribution in [0.3, 0.4) is 0 Å². The number of hydrogen-bond donors (Lipinski definition) is 0. The minimum absolute atomic E-state index is 0.0133. The third kappa shape index (κ3) is 8.22. The number of fused-ring (bicyclic) bond motifs is 1. The molecule has 1 aromatic heterocycles. The van der Waals surface area contributed by atoms with Gasteiger partial charge in [0.25, 0.3) is 18.2 Å². The van der Waals surface area contributed by atoms with Gasteiger partial charge >= 0.3 is 6.09 Å². The highest BCUT2D eigenvalue weighted by Crippen LogP contribution is 2.36. The standard InChI is InChI=1S/C33H39F3N6O5/c1-20(2)42(18-28(35)36)31(43)24-15-22(34)9-10-27(24)46-30-29(37-19-38-39-30)40-13-11-23(12-14-40)45-26-8-6-7-21-16-41(17-25(21)26)32(44)47-33(3,4)5/h6-10,15,19-20,23,28H,11-14,16-18H2,1-5H3. The van der Waals surface area contributed by atoms with Gasteiger partial charge in [-0.15, -0.1) is 10.2 Å². The zero-order valence-corrected chi connectivity index (χ0v) is 27.1. The SMILES string of the molecule is CC(C)N(CC(F)F)C(=O)c1cc(F)ccc1Oc1nncnc1N1CCC(Oc2cccc3c2CN(C(=O)OC(C)(C)C)C3)CC1. The molecule has 0 unspecified atom stereocenters. The number of anilines is 1. The molecule has 0 atom stereocenters. The molecule has 11 nitrogen and oxygen atoms in total. The molecule has 252 valence electrons. The lowest BCUT2D eigenvalue weighted by molar-refractivity contribution is 0.0240. The van der Waals surface area contributed by atoms with Crippen molar-refractivity contribution in [3.05, 3.63) is 65.2 Å². The number of halogens is 3. The van der Waals surface area contributed by atoms with Crippen molar-refractivity contribution in [2.24, 2.45) is 0 Å². The van der Waals surface area contributed by atoms with Gasteiger partial charge in [0.05, 0.1) is 18.7 Å². The Bertz CT molecular complexity index is 1590. The lowest BCUT2D eigenvalue weighted by Gasteiger charge is -2.33. The van der Waals surface area contributed by atoms with E-state index >= 15 is 0 Å². The van der Waals surface area contributed by atoms with Gasteiger partial charge in [-0.2, -0.15) is 0 Å². The van der Waals surface area contributed by atoms with E-state index in [1.807, 2.05) is 43.9 Å². The number of ether oxygens (including phenoxy) is 3. The zero-order valence-electron chi connectivity index (χ0n) is 27.1. The molecule has 47 heavy (non-hydrogen) atoms. The third-order valence-electron chi connectivity index (χ3n) is 7.80. The molecule has 0 N–H and O–H groups in total. The van der Waals surface area contributed by atoms with E-state index in [1.54, 1.807) is 18.7 Å².